The maximum atomic E-state index is 13.2. The van der Waals surface area contributed by atoms with E-state index in [1.807, 2.05) is 49.3 Å². The summed E-state index contributed by atoms with van der Waals surface area (Å²) in [4.78, 5) is 1.96. The lowest BCUT2D eigenvalue weighted by molar-refractivity contribution is 0.264. The third-order valence-corrected chi connectivity index (χ3v) is 5.87. The quantitative estimate of drug-likeness (QED) is 0.716. The Morgan fingerprint density at radius 2 is 1.88 bits per heavy atom. The first kappa shape index (κ1) is 18.6. The lowest BCUT2D eigenvalue weighted by Crippen LogP contribution is -2.34. The van der Waals surface area contributed by atoms with Crippen LogP contribution in [0, 0.1) is 12.7 Å². The number of nitrogens with one attached hydrogen (secondary N) is 1. The summed E-state index contributed by atoms with van der Waals surface area (Å²) in [5, 5.41) is 0.964. The molecule has 0 radical (unpaired) electrons. The molecule has 0 aliphatic heterocycles. The van der Waals surface area contributed by atoms with E-state index in [1.54, 1.807) is 6.92 Å². The van der Waals surface area contributed by atoms with Crippen molar-refractivity contribution in [3.8, 4) is 0 Å². The van der Waals surface area contributed by atoms with Gasteiger partial charge in [0.05, 0.1) is 10.9 Å². The Labute approximate surface area is 152 Å². The van der Waals surface area contributed by atoms with Crippen LogP contribution in [0.15, 0.2) is 57.8 Å². The second kappa shape index (κ2) is 7.19. The summed E-state index contributed by atoms with van der Waals surface area (Å²) in [6, 6.07) is 12.9. The van der Waals surface area contributed by atoms with Gasteiger partial charge in [0, 0.05) is 11.9 Å². The summed E-state index contributed by atoms with van der Waals surface area (Å²) in [5.74, 6) is 0.213. The van der Waals surface area contributed by atoms with E-state index < -0.39 is 15.8 Å². The summed E-state index contributed by atoms with van der Waals surface area (Å²) in [6.45, 7) is 1.70. The standard InChI is InChI=1S/C19H21FN2O3S/c1-13-10-15(20)8-9-19(13)26(23,24)21-12-16(22(2)3)18-11-14-6-4-5-7-17(14)25-18/h4-11,16,21H,12H2,1-3H3. The molecule has 0 aliphatic rings. The largest absolute Gasteiger partial charge is 0.459 e. The average Bonchev–Trinajstić information content (AvgIpc) is 2.97. The maximum absolute atomic E-state index is 13.2. The molecule has 7 heteroatoms. The first-order chi connectivity index (χ1) is 12.3. The smallest absolute Gasteiger partial charge is 0.240 e. The number of furan rings is 1. The average molecular weight is 376 g/mol. The number of hydrogen-bond donors (Lipinski definition) is 1. The molecule has 1 N–H and O–H groups in total. The number of halogens is 1. The number of benzene rings is 2. The van der Waals surface area contributed by atoms with Crippen LogP contribution >= 0.6 is 0 Å². The Bertz CT molecular complexity index is 995. The maximum Gasteiger partial charge on any atom is 0.240 e. The Morgan fingerprint density at radius 1 is 1.15 bits per heavy atom. The highest BCUT2D eigenvalue weighted by atomic mass is 32.2. The van der Waals surface area contributed by atoms with E-state index in [2.05, 4.69) is 4.72 Å². The zero-order chi connectivity index (χ0) is 18.9. The first-order valence-corrected chi connectivity index (χ1v) is 9.67. The van der Waals surface area contributed by atoms with Crippen LogP contribution < -0.4 is 4.72 Å². The molecule has 0 bridgehead atoms. The SMILES string of the molecule is Cc1cc(F)ccc1S(=O)(=O)NCC(c1cc2ccccc2o1)N(C)C. The number of fused-ring (bicyclic) bond motifs is 1. The summed E-state index contributed by atoms with van der Waals surface area (Å²) in [6.07, 6.45) is 0. The molecule has 1 aromatic heterocycles. The molecule has 1 atom stereocenters. The van der Waals surface area contributed by atoms with Crippen LogP contribution in [0.25, 0.3) is 11.0 Å². The number of sulfonamides is 1. The minimum atomic E-state index is -3.76. The van der Waals surface area contributed by atoms with Crippen molar-refractivity contribution in [1.82, 2.24) is 9.62 Å². The van der Waals surface area contributed by atoms with Gasteiger partial charge < -0.3 is 4.42 Å². The molecule has 0 saturated carbocycles. The van der Waals surface area contributed by atoms with E-state index in [0.717, 1.165) is 17.0 Å². The second-order valence-corrected chi connectivity index (χ2v) is 8.16. The van der Waals surface area contributed by atoms with Gasteiger partial charge in [0.2, 0.25) is 10.0 Å². The normalized spacial score (nSPS) is 13.4. The predicted octanol–water partition coefficient (Wildman–Crippen LogP) is 3.46. The van der Waals surface area contributed by atoms with Gasteiger partial charge in [-0.1, -0.05) is 18.2 Å². The van der Waals surface area contributed by atoms with E-state index in [4.69, 9.17) is 4.42 Å². The molecule has 5 nitrogen and oxygen atoms in total. The van der Waals surface area contributed by atoms with Gasteiger partial charge in [-0.15, -0.1) is 0 Å². The number of nitrogens with zero attached hydrogens (tertiary/aromatic N) is 1. The molecule has 3 rings (SSSR count). The Kier molecular flexibility index (Phi) is 5.13. The first-order valence-electron chi connectivity index (χ1n) is 8.18. The highest BCUT2D eigenvalue weighted by Gasteiger charge is 2.23. The second-order valence-electron chi connectivity index (χ2n) is 6.43. The highest BCUT2D eigenvalue weighted by molar-refractivity contribution is 7.89. The van der Waals surface area contributed by atoms with E-state index in [9.17, 15) is 12.8 Å². The number of para-hydroxylation sites is 1. The molecule has 0 spiro atoms. The molecule has 3 aromatic rings. The van der Waals surface area contributed by atoms with Gasteiger partial charge in [0.1, 0.15) is 17.2 Å². The van der Waals surface area contributed by atoms with Crippen molar-refractivity contribution in [2.24, 2.45) is 0 Å². The summed E-state index contributed by atoms with van der Waals surface area (Å²) >= 11 is 0. The highest BCUT2D eigenvalue weighted by Crippen LogP contribution is 2.26. The summed E-state index contributed by atoms with van der Waals surface area (Å²) in [7, 11) is -0.0465. The van der Waals surface area contributed by atoms with Crippen molar-refractivity contribution < 1.29 is 17.2 Å². The van der Waals surface area contributed by atoms with Gasteiger partial charge in [-0.25, -0.2) is 17.5 Å². The fourth-order valence-electron chi connectivity index (χ4n) is 2.88. The lowest BCUT2D eigenvalue weighted by Gasteiger charge is -2.22. The van der Waals surface area contributed by atoms with E-state index in [-0.39, 0.29) is 17.5 Å². The van der Waals surface area contributed by atoms with Crippen LogP contribution in [0.1, 0.15) is 17.4 Å². The van der Waals surface area contributed by atoms with Crippen LogP contribution in [0.4, 0.5) is 4.39 Å². The van der Waals surface area contributed by atoms with Crippen molar-refractivity contribution in [3.05, 3.63) is 65.7 Å². The third kappa shape index (κ3) is 3.80. The molecule has 1 heterocycles. The minimum absolute atomic E-state index is 0.0704. The Balaban J connectivity index is 1.84. The van der Waals surface area contributed by atoms with Gasteiger partial charge >= 0.3 is 0 Å². The number of aryl methyl sites for hydroxylation is 1. The van der Waals surface area contributed by atoms with Crippen molar-refractivity contribution in [2.45, 2.75) is 17.9 Å². The molecule has 2 aromatic carbocycles. The minimum Gasteiger partial charge on any atom is -0.459 e. The lowest BCUT2D eigenvalue weighted by atomic mass is 10.2. The van der Waals surface area contributed by atoms with Gasteiger partial charge in [0.15, 0.2) is 0 Å². The third-order valence-electron chi connectivity index (χ3n) is 4.29. The molecule has 0 amide bonds. The predicted molar refractivity (Wildman–Crippen MR) is 99.0 cm³/mol. The zero-order valence-corrected chi connectivity index (χ0v) is 15.7. The molecule has 1 unspecified atom stereocenters. The molecular weight excluding hydrogens is 355 g/mol. The zero-order valence-electron chi connectivity index (χ0n) is 14.9. The van der Waals surface area contributed by atoms with Crippen molar-refractivity contribution in [1.29, 1.82) is 0 Å². The van der Waals surface area contributed by atoms with Crippen molar-refractivity contribution in [2.75, 3.05) is 20.6 Å². The van der Waals surface area contributed by atoms with Crippen LogP contribution in [-0.4, -0.2) is 34.0 Å². The van der Waals surface area contributed by atoms with Crippen molar-refractivity contribution >= 4 is 21.0 Å². The monoisotopic (exact) mass is 376 g/mol. The Morgan fingerprint density at radius 3 is 2.54 bits per heavy atom. The van der Waals surface area contributed by atoms with E-state index in [1.165, 1.54) is 12.1 Å². The van der Waals surface area contributed by atoms with Crippen LogP contribution in [0.2, 0.25) is 0 Å². The molecule has 26 heavy (non-hydrogen) atoms. The number of likely N-dealkylation sites (N-methyl/N-ethyl adjacent to an activating group) is 1. The van der Waals surface area contributed by atoms with E-state index in [0.29, 0.717) is 11.3 Å². The number of rotatable bonds is 6. The Hall–Kier alpha value is -2.22. The van der Waals surface area contributed by atoms with Gasteiger partial charge in [-0.3, -0.25) is 4.90 Å². The summed E-state index contributed by atoms with van der Waals surface area (Å²) < 4.78 is 47.0. The number of hydrogen-bond acceptors (Lipinski definition) is 4. The van der Waals surface area contributed by atoms with Crippen LogP contribution in [-0.2, 0) is 10.0 Å². The molecule has 0 fully saturated rings. The molecule has 138 valence electrons. The summed E-state index contributed by atoms with van der Waals surface area (Å²) in [5.41, 5.74) is 1.12. The van der Waals surface area contributed by atoms with Gasteiger partial charge in [-0.05, 0) is 56.9 Å². The van der Waals surface area contributed by atoms with E-state index >= 15 is 0 Å². The van der Waals surface area contributed by atoms with Gasteiger partial charge in [-0.2, -0.15) is 0 Å². The molecule has 0 aliphatic carbocycles. The topological polar surface area (TPSA) is 62.6 Å². The van der Waals surface area contributed by atoms with Crippen molar-refractivity contribution in [3.63, 3.8) is 0 Å². The fraction of sp³-hybridized carbons (Fsp3) is 0.263. The molecule has 0 saturated heterocycles. The van der Waals surface area contributed by atoms with Crippen LogP contribution in [0.5, 0.6) is 0 Å². The molecular formula is C19H21FN2O3S. The van der Waals surface area contributed by atoms with Gasteiger partial charge in [0.25, 0.3) is 0 Å². The fourth-order valence-corrected chi connectivity index (χ4v) is 4.15. The van der Waals surface area contributed by atoms with Crippen LogP contribution in [0.3, 0.4) is 0 Å².